The molecule has 0 bridgehead atoms. The molecule has 0 aliphatic carbocycles. The Morgan fingerprint density at radius 2 is 0.729 bits per heavy atom. The van der Waals surface area contributed by atoms with Gasteiger partial charge in [-0.15, -0.1) is 0 Å². The second kappa shape index (κ2) is 46.8. The Balaban J connectivity index is 4.53. The third-order valence-electron chi connectivity index (χ3n) is 9.32. The van der Waals surface area contributed by atoms with Gasteiger partial charge in [-0.2, -0.15) is 0 Å². The molecule has 0 aliphatic heterocycles. The highest BCUT2D eigenvalue weighted by molar-refractivity contribution is 5.72. The first-order valence-corrected chi connectivity index (χ1v) is 23.4. The standard InChI is InChI=1S/C53H84O6/c1-4-7-10-13-16-19-21-23-24-25-26-27-28-30-31-34-37-40-43-46-52(55)58-49-50(48-57-51(54)45-42-39-36-33-18-15-12-9-6-3)59-53(56)47-44-41-38-35-32-29-22-20-17-14-11-8-5-2/h7,9-10,12,16,18-19,23-24,26-27,30-31,33,37,39-40,42,50H,4-6,8,11,13-15,17,20-22,25,28-29,32,34-36,38,41,43-49H2,1-3H3/b10-7-,12-9-,19-16-,24-23-,27-26-,31-30-,33-18-,40-37-,42-39-. The zero-order valence-electron chi connectivity index (χ0n) is 37.7. The number of hydrogen-bond donors (Lipinski definition) is 0. The number of esters is 3. The van der Waals surface area contributed by atoms with Crippen LogP contribution < -0.4 is 0 Å². The minimum Gasteiger partial charge on any atom is -0.462 e. The fourth-order valence-electron chi connectivity index (χ4n) is 5.88. The molecule has 0 heterocycles. The van der Waals surface area contributed by atoms with Gasteiger partial charge in [0.2, 0.25) is 0 Å². The van der Waals surface area contributed by atoms with Crippen LogP contribution in [0.1, 0.15) is 188 Å². The van der Waals surface area contributed by atoms with E-state index in [1.54, 1.807) is 6.08 Å². The summed E-state index contributed by atoms with van der Waals surface area (Å²) in [5.41, 5.74) is 0. The summed E-state index contributed by atoms with van der Waals surface area (Å²) in [6, 6.07) is 0. The van der Waals surface area contributed by atoms with Crippen molar-refractivity contribution in [1.29, 1.82) is 0 Å². The number of allylic oxidation sites excluding steroid dienone is 17. The Kier molecular flexibility index (Phi) is 43.6. The highest BCUT2D eigenvalue weighted by Gasteiger charge is 2.19. The predicted molar refractivity (Wildman–Crippen MR) is 251 cm³/mol. The van der Waals surface area contributed by atoms with E-state index >= 15 is 0 Å². The van der Waals surface area contributed by atoms with Crippen LogP contribution in [-0.2, 0) is 28.6 Å². The molecular formula is C53H84O6. The van der Waals surface area contributed by atoms with Crippen LogP contribution in [0.25, 0.3) is 0 Å². The van der Waals surface area contributed by atoms with Gasteiger partial charge in [-0.25, -0.2) is 0 Å². The Morgan fingerprint density at radius 3 is 1.15 bits per heavy atom. The van der Waals surface area contributed by atoms with Crippen molar-refractivity contribution >= 4 is 17.9 Å². The van der Waals surface area contributed by atoms with Crippen molar-refractivity contribution in [2.45, 2.75) is 194 Å². The lowest BCUT2D eigenvalue weighted by Crippen LogP contribution is -2.30. The molecule has 0 aromatic rings. The third-order valence-corrected chi connectivity index (χ3v) is 9.32. The smallest absolute Gasteiger partial charge is 0.309 e. The lowest BCUT2D eigenvalue weighted by atomic mass is 10.0. The molecule has 6 heteroatoms. The maximum atomic E-state index is 12.7. The average Bonchev–Trinajstić information content (AvgIpc) is 3.23. The molecule has 1 unspecified atom stereocenters. The lowest BCUT2D eigenvalue weighted by molar-refractivity contribution is -0.166. The molecule has 6 nitrogen and oxygen atoms in total. The summed E-state index contributed by atoms with van der Waals surface area (Å²) >= 11 is 0. The fraction of sp³-hybridized carbons (Fsp3) is 0.604. The molecule has 332 valence electrons. The van der Waals surface area contributed by atoms with E-state index in [9.17, 15) is 14.4 Å². The first-order valence-electron chi connectivity index (χ1n) is 23.4. The van der Waals surface area contributed by atoms with Gasteiger partial charge >= 0.3 is 17.9 Å². The molecule has 0 amide bonds. The number of carbonyl (C=O) groups is 3. The molecule has 0 radical (unpaired) electrons. The summed E-state index contributed by atoms with van der Waals surface area (Å²) in [6.45, 7) is 6.21. The van der Waals surface area contributed by atoms with Gasteiger partial charge in [-0.1, -0.05) is 207 Å². The van der Waals surface area contributed by atoms with Crippen molar-refractivity contribution in [1.82, 2.24) is 0 Å². The van der Waals surface area contributed by atoms with Crippen LogP contribution in [-0.4, -0.2) is 37.2 Å². The van der Waals surface area contributed by atoms with Crippen LogP contribution in [0.5, 0.6) is 0 Å². The van der Waals surface area contributed by atoms with Gasteiger partial charge in [0, 0.05) is 12.8 Å². The quantitative estimate of drug-likeness (QED) is 0.0265. The third kappa shape index (κ3) is 45.0. The molecule has 0 fully saturated rings. The molecule has 59 heavy (non-hydrogen) atoms. The van der Waals surface area contributed by atoms with E-state index in [1.165, 1.54) is 64.2 Å². The van der Waals surface area contributed by atoms with Crippen molar-refractivity contribution in [3.63, 3.8) is 0 Å². The monoisotopic (exact) mass is 817 g/mol. The van der Waals surface area contributed by atoms with E-state index in [1.807, 2.05) is 18.2 Å². The summed E-state index contributed by atoms with van der Waals surface area (Å²) in [6.07, 6.45) is 62.6. The van der Waals surface area contributed by atoms with E-state index in [4.69, 9.17) is 14.2 Å². The van der Waals surface area contributed by atoms with Crippen molar-refractivity contribution in [3.05, 3.63) is 109 Å². The second-order valence-electron chi connectivity index (χ2n) is 14.9. The molecule has 0 saturated carbocycles. The Hall–Kier alpha value is -3.93. The molecule has 0 aromatic carbocycles. The van der Waals surface area contributed by atoms with Gasteiger partial charge in [0.1, 0.15) is 13.2 Å². The van der Waals surface area contributed by atoms with E-state index in [0.717, 1.165) is 77.0 Å². The van der Waals surface area contributed by atoms with Crippen molar-refractivity contribution in [2.75, 3.05) is 13.2 Å². The van der Waals surface area contributed by atoms with Crippen molar-refractivity contribution in [2.24, 2.45) is 0 Å². The molecule has 0 aromatic heterocycles. The Bertz CT molecular complexity index is 1260. The summed E-state index contributed by atoms with van der Waals surface area (Å²) in [5, 5.41) is 0. The van der Waals surface area contributed by atoms with Crippen LogP contribution in [0.4, 0.5) is 0 Å². The van der Waals surface area contributed by atoms with Crippen LogP contribution in [0.3, 0.4) is 0 Å². The maximum Gasteiger partial charge on any atom is 0.309 e. The van der Waals surface area contributed by atoms with Crippen LogP contribution in [0.2, 0.25) is 0 Å². The zero-order chi connectivity index (χ0) is 43.0. The van der Waals surface area contributed by atoms with Gasteiger partial charge in [-0.05, 0) is 70.6 Å². The normalized spacial score (nSPS) is 13.1. The summed E-state index contributed by atoms with van der Waals surface area (Å²) in [5.74, 6) is -1.16. The molecule has 0 N–H and O–H groups in total. The SMILES string of the molecule is CC/C=C\C/C=C\C/C=C\C/C=C\C/C=C\C/C=C\CCC(=O)OCC(COC(=O)C/C=C\C/C=C\C/C=C\CC)OC(=O)CCCCCCCCCCCCCCC. The van der Waals surface area contributed by atoms with Crippen LogP contribution in [0.15, 0.2) is 109 Å². The molecule has 1 atom stereocenters. The first-order chi connectivity index (χ1) is 29.0. The lowest BCUT2D eigenvalue weighted by Gasteiger charge is -2.18. The van der Waals surface area contributed by atoms with Gasteiger partial charge in [0.25, 0.3) is 0 Å². The average molecular weight is 817 g/mol. The van der Waals surface area contributed by atoms with Crippen molar-refractivity contribution < 1.29 is 28.6 Å². The number of unbranched alkanes of at least 4 members (excludes halogenated alkanes) is 12. The summed E-state index contributed by atoms with van der Waals surface area (Å²) in [4.78, 5) is 37.6. The minimum absolute atomic E-state index is 0.120. The summed E-state index contributed by atoms with van der Waals surface area (Å²) < 4.78 is 16.5. The number of hydrogen-bond acceptors (Lipinski definition) is 6. The minimum atomic E-state index is -0.841. The number of ether oxygens (including phenoxy) is 3. The van der Waals surface area contributed by atoms with Gasteiger partial charge < -0.3 is 14.2 Å². The van der Waals surface area contributed by atoms with Gasteiger partial charge in [0.05, 0.1) is 6.42 Å². The first kappa shape index (κ1) is 55.1. The maximum absolute atomic E-state index is 12.7. The predicted octanol–water partition coefficient (Wildman–Crippen LogP) is 15.2. The second-order valence-corrected chi connectivity index (χ2v) is 14.9. The highest BCUT2D eigenvalue weighted by Crippen LogP contribution is 2.14. The molecular weight excluding hydrogens is 733 g/mol. The molecule has 0 spiro atoms. The number of rotatable bonds is 40. The largest absolute Gasteiger partial charge is 0.462 e. The van der Waals surface area contributed by atoms with Gasteiger partial charge in [0.15, 0.2) is 6.10 Å². The highest BCUT2D eigenvalue weighted by atomic mass is 16.6. The molecule has 0 rings (SSSR count). The summed E-state index contributed by atoms with van der Waals surface area (Å²) in [7, 11) is 0. The zero-order valence-corrected chi connectivity index (χ0v) is 37.7. The topological polar surface area (TPSA) is 78.9 Å². The molecule has 0 saturated heterocycles. The van der Waals surface area contributed by atoms with E-state index < -0.39 is 12.1 Å². The van der Waals surface area contributed by atoms with Crippen LogP contribution in [0, 0.1) is 0 Å². The van der Waals surface area contributed by atoms with E-state index in [-0.39, 0.29) is 38.0 Å². The van der Waals surface area contributed by atoms with Crippen molar-refractivity contribution in [3.8, 4) is 0 Å². The Morgan fingerprint density at radius 1 is 0.373 bits per heavy atom. The fourth-order valence-corrected chi connectivity index (χ4v) is 5.88. The molecule has 0 aliphatic rings. The van der Waals surface area contributed by atoms with E-state index in [2.05, 4.69) is 106 Å². The van der Waals surface area contributed by atoms with Crippen LogP contribution >= 0.6 is 0 Å². The van der Waals surface area contributed by atoms with Gasteiger partial charge in [-0.3, -0.25) is 14.4 Å². The van der Waals surface area contributed by atoms with E-state index in [0.29, 0.717) is 12.8 Å². The Labute approximate surface area is 361 Å². The number of carbonyl (C=O) groups excluding carboxylic acids is 3.